The zero-order valence-electron chi connectivity index (χ0n) is 21.5. The van der Waals surface area contributed by atoms with Crippen molar-refractivity contribution in [3.8, 4) is 5.75 Å². The molecule has 0 bridgehead atoms. The number of hydrogen-bond acceptors (Lipinski definition) is 3. The van der Waals surface area contributed by atoms with Crippen molar-refractivity contribution in [2.24, 2.45) is 0 Å². The van der Waals surface area contributed by atoms with Crippen molar-refractivity contribution in [1.82, 2.24) is 4.90 Å². The molecule has 3 heteroatoms. The van der Waals surface area contributed by atoms with Gasteiger partial charge in [0, 0.05) is 36.0 Å². The van der Waals surface area contributed by atoms with Crippen molar-refractivity contribution < 1.29 is 9.53 Å². The highest BCUT2D eigenvalue weighted by Crippen LogP contribution is 2.36. The van der Waals surface area contributed by atoms with Crippen LogP contribution >= 0.6 is 0 Å². The fraction of sp³-hybridized carbons (Fsp3) is 0.387. The maximum absolute atomic E-state index is 13.5. The summed E-state index contributed by atoms with van der Waals surface area (Å²) in [5.74, 6) is 0.980. The van der Waals surface area contributed by atoms with Gasteiger partial charge in [-0.25, -0.2) is 0 Å². The lowest BCUT2D eigenvalue weighted by atomic mass is 9.72. The summed E-state index contributed by atoms with van der Waals surface area (Å²) in [7, 11) is 0. The summed E-state index contributed by atoms with van der Waals surface area (Å²) in [4.78, 5) is 15.9. The molecule has 0 N–H and O–H groups in total. The van der Waals surface area contributed by atoms with E-state index in [-0.39, 0.29) is 5.78 Å². The fourth-order valence-corrected chi connectivity index (χ4v) is 4.76. The van der Waals surface area contributed by atoms with E-state index in [1.807, 2.05) is 61.5 Å². The van der Waals surface area contributed by atoms with E-state index in [4.69, 9.17) is 4.74 Å². The molecule has 34 heavy (non-hydrogen) atoms. The van der Waals surface area contributed by atoms with Crippen molar-refractivity contribution in [2.45, 2.75) is 65.5 Å². The van der Waals surface area contributed by atoms with Gasteiger partial charge in [0.2, 0.25) is 0 Å². The number of carbonyl (C=O) groups excluding carboxylic acids is 1. The Kier molecular flexibility index (Phi) is 8.68. The number of nitrogens with zero attached hydrogens (tertiary/aromatic N) is 1. The van der Waals surface area contributed by atoms with Gasteiger partial charge >= 0.3 is 0 Å². The van der Waals surface area contributed by atoms with Crippen LogP contribution in [0.1, 0.15) is 68.1 Å². The van der Waals surface area contributed by atoms with Gasteiger partial charge in [-0.3, -0.25) is 9.69 Å². The Morgan fingerprint density at radius 3 is 1.85 bits per heavy atom. The zero-order valence-corrected chi connectivity index (χ0v) is 21.5. The molecule has 0 saturated heterocycles. The van der Waals surface area contributed by atoms with Gasteiger partial charge in [-0.1, -0.05) is 67.6 Å². The van der Waals surface area contributed by atoms with Crippen molar-refractivity contribution >= 4 is 5.78 Å². The molecule has 0 saturated carbocycles. The van der Waals surface area contributed by atoms with Crippen molar-refractivity contribution in [2.75, 3.05) is 13.2 Å². The maximum Gasteiger partial charge on any atom is 0.164 e. The van der Waals surface area contributed by atoms with Crippen molar-refractivity contribution in [3.63, 3.8) is 0 Å². The molecular weight excluding hydrogens is 418 g/mol. The molecule has 180 valence electrons. The van der Waals surface area contributed by atoms with Crippen LogP contribution in [-0.2, 0) is 5.41 Å². The standard InChI is InChI=1S/C31H39NO2/c1-23(2)32(24(3)4)19-20-34-30-18-17-26(21-25(30)5)29(33)22-31(6,27-13-9-7-10-14-27)28-15-11-8-12-16-28/h7-18,21,23-24H,19-20,22H2,1-6H3. The average molecular weight is 458 g/mol. The van der Waals surface area contributed by atoms with Gasteiger partial charge in [0.15, 0.2) is 5.78 Å². The van der Waals surface area contributed by atoms with Crippen LogP contribution in [-0.4, -0.2) is 35.9 Å². The minimum atomic E-state index is -0.403. The molecule has 0 heterocycles. The molecule has 0 aromatic heterocycles. The molecule has 0 aliphatic heterocycles. The first-order valence-corrected chi connectivity index (χ1v) is 12.4. The molecule has 0 amide bonds. The lowest BCUT2D eigenvalue weighted by molar-refractivity contribution is 0.0962. The molecule has 0 radical (unpaired) electrons. The van der Waals surface area contributed by atoms with E-state index in [0.717, 1.165) is 34.5 Å². The van der Waals surface area contributed by atoms with E-state index in [0.29, 0.717) is 25.1 Å². The first-order valence-electron chi connectivity index (χ1n) is 12.4. The van der Waals surface area contributed by atoms with E-state index < -0.39 is 5.41 Å². The second-order valence-corrected chi connectivity index (χ2v) is 9.92. The second-order valence-electron chi connectivity index (χ2n) is 9.92. The van der Waals surface area contributed by atoms with Crippen molar-refractivity contribution in [3.05, 3.63) is 101 Å². The van der Waals surface area contributed by atoms with Gasteiger partial charge < -0.3 is 4.74 Å². The maximum atomic E-state index is 13.5. The number of hydrogen-bond donors (Lipinski definition) is 0. The minimum Gasteiger partial charge on any atom is -0.492 e. The zero-order chi connectivity index (χ0) is 24.7. The van der Waals surface area contributed by atoms with E-state index in [9.17, 15) is 4.79 Å². The molecule has 3 aromatic carbocycles. The van der Waals surface area contributed by atoms with E-state index in [1.165, 1.54) is 0 Å². The predicted octanol–water partition coefficient (Wildman–Crippen LogP) is 7.07. The first-order chi connectivity index (χ1) is 16.2. The highest BCUT2D eigenvalue weighted by molar-refractivity contribution is 5.97. The smallest absolute Gasteiger partial charge is 0.164 e. The van der Waals surface area contributed by atoms with Crippen LogP contribution in [0.3, 0.4) is 0 Å². The summed E-state index contributed by atoms with van der Waals surface area (Å²) < 4.78 is 6.09. The summed E-state index contributed by atoms with van der Waals surface area (Å²) in [6.07, 6.45) is 0.401. The van der Waals surface area contributed by atoms with Crippen LogP contribution in [0.15, 0.2) is 78.9 Å². The average Bonchev–Trinajstić information content (AvgIpc) is 2.83. The number of rotatable bonds is 11. The number of carbonyl (C=O) groups is 1. The second kappa shape index (κ2) is 11.5. The summed E-state index contributed by atoms with van der Waals surface area (Å²) in [5.41, 5.74) is 3.61. The molecule has 0 aliphatic rings. The number of Topliss-reactive ketones (excluding diaryl/α,β-unsaturated/α-hetero) is 1. The third kappa shape index (κ3) is 6.15. The monoisotopic (exact) mass is 457 g/mol. The first kappa shape index (κ1) is 25.7. The van der Waals surface area contributed by atoms with Crippen LogP contribution in [0.25, 0.3) is 0 Å². The SMILES string of the molecule is Cc1cc(C(=O)CC(C)(c2ccccc2)c2ccccc2)ccc1OCCN(C(C)C)C(C)C. The lowest BCUT2D eigenvalue weighted by Crippen LogP contribution is -2.39. The molecule has 3 aromatic rings. The number of aryl methyl sites for hydroxylation is 1. The quantitative estimate of drug-likeness (QED) is 0.288. The van der Waals surface area contributed by atoms with Gasteiger partial charge in [0.25, 0.3) is 0 Å². The van der Waals surface area contributed by atoms with Gasteiger partial charge in [0.1, 0.15) is 12.4 Å². The normalized spacial score (nSPS) is 11.9. The van der Waals surface area contributed by atoms with E-state index >= 15 is 0 Å². The molecule has 0 atom stereocenters. The van der Waals surface area contributed by atoms with E-state index in [2.05, 4.69) is 63.8 Å². The lowest BCUT2D eigenvalue weighted by Gasteiger charge is -2.31. The third-order valence-electron chi connectivity index (χ3n) is 6.77. The molecule has 0 spiro atoms. The van der Waals surface area contributed by atoms with Crippen LogP contribution in [0, 0.1) is 6.92 Å². The van der Waals surface area contributed by atoms with Crippen LogP contribution in [0.4, 0.5) is 0 Å². The Morgan fingerprint density at radius 2 is 1.38 bits per heavy atom. The highest BCUT2D eigenvalue weighted by atomic mass is 16.5. The van der Waals surface area contributed by atoms with E-state index in [1.54, 1.807) is 0 Å². The summed E-state index contributed by atoms with van der Waals surface area (Å²) in [6, 6.07) is 27.4. The van der Waals surface area contributed by atoms with Gasteiger partial charge in [-0.2, -0.15) is 0 Å². The predicted molar refractivity (Wildman–Crippen MR) is 142 cm³/mol. The summed E-state index contributed by atoms with van der Waals surface area (Å²) in [5, 5.41) is 0. The molecule has 3 nitrogen and oxygen atoms in total. The molecule has 3 rings (SSSR count). The van der Waals surface area contributed by atoms with Crippen molar-refractivity contribution in [1.29, 1.82) is 0 Å². The van der Waals surface area contributed by atoms with Gasteiger partial charge in [-0.05, 0) is 69.5 Å². The Balaban J connectivity index is 1.75. The molecule has 0 fully saturated rings. The molecular formula is C31H39NO2. The topological polar surface area (TPSA) is 29.5 Å². The number of benzene rings is 3. The molecule has 0 aliphatic carbocycles. The summed E-state index contributed by atoms with van der Waals surface area (Å²) in [6.45, 7) is 14.5. The fourth-order valence-electron chi connectivity index (χ4n) is 4.76. The Bertz CT molecular complexity index is 1010. The summed E-state index contributed by atoms with van der Waals surface area (Å²) >= 11 is 0. The van der Waals surface area contributed by atoms with Crippen LogP contribution in [0.5, 0.6) is 5.75 Å². The van der Waals surface area contributed by atoms with Crippen LogP contribution < -0.4 is 4.74 Å². The van der Waals surface area contributed by atoms with Crippen LogP contribution in [0.2, 0.25) is 0 Å². The van der Waals surface area contributed by atoms with Gasteiger partial charge in [-0.15, -0.1) is 0 Å². The highest BCUT2D eigenvalue weighted by Gasteiger charge is 2.32. The molecule has 0 unspecified atom stereocenters. The largest absolute Gasteiger partial charge is 0.492 e. The Morgan fingerprint density at radius 1 is 0.853 bits per heavy atom. The Hall–Kier alpha value is -2.91. The minimum absolute atomic E-state index is 0.135. The number of ether oxygens (including phenoxy) is 1. The third-order valence-corrected chi connectivity index (χ3v) is 6.77. The van der Waals surface area contributed by atoms with Gasteiger partial charge in [0.05, 0.1) is 0 Å². The number of ketones is 1. The Labute approximate surface area is 205 Å².